The van der Waals surface area contributed by atoms with E-state index >= 15 is 0 Å². The van der Waals surface area contributed by atoms with Crippen LogP contribution in [0, 0.1) is 13.8 Å². The van der Waals surface area contributed by atoms with Gasteiger partial charge in [0.1, 0.15) is 5.75 Å². The molecule has 1 N–H and O–H groups in total. The third kappa shape index (κ3) is 2.72. The molecule has 0 aliphatic carbocycles. The fourth-order valence-electron chi connectivity index (χ4n) is 2.05. The second-order valence-corrected chi connectivity index (χ2v) is 4.55. The third-order valence-electron chi connectivity index (χ3n) is 3.00. The fraction of sp³-hybridized carbons (Fsp3) is 0.200. The van der Waals surface area contributed by atoms with Crippen molar-refractivity contribution in [2.24, 2.45) is 0 Å². The minimum absolute atomic E-state index is 0.359. The summed E-state index contributed by atoms with van der Waals surface area (Å²) < 4.78 is 37.6. The quantitative estimate of drug-likeness (QED) is 0.793. The third-order valence-corrected chi connectivity index (χ3v) is 3.00. The topological polar surface area (TPSA) is 20.2 Å². The maximum Gasteiger partial charge on any atom is 0.416 e. The predicted octanol–water partition coefficient (Wildman–Crippen LogP) is 4.69. The monoisotopic (exact) mass is 266 g/mol. The lowest BCUT2D eigenvalue weighted by Crippen LogP contribution is -2.04. The average molecular weight is 266 g/mol. The van der Waals surface area contributed by atoms with Gasteiger partial charge in [-0.05, 0) is 37.1 Å². The van der Waals surface area contributed by atoms with Gasteiger partial charge in [-0.15, -0.1) is 0 Å². The highest BCUT2D eigenvalue weighted by Crippen LogP contribution is 2.37. The zero-order chi connectivity index (χ0) is 14.2. The van der Waals surface area contributed by atoms with Crippen LogP contribution in [-0.2, 0) is 6.18 Å². The first-order valence-corrected chi connectivity index (χ1v) is 5.77. The molecule has 0 fully saturated rings. The summed E-state index contributed by atoms with van der Waals surface area (Å²) in [5, 5.41) is 9.80. The fourth-order valence-corrected chi connectivity index (χ4v) is 2.05. The van der Waals surface area contributed by atoms with Gasteiger partial charge >= 0.3 is 6.18 Å². The van der Waals surface area contributed by atoms with Crippen molar-refractivity contribution in [3.05, 3.63) is 53.1 Å². The van der Waals surface area contributed by atoms with Crippen LogP contribution in [0.2, 0.25) is 0 Å². The lowest BCUT2D eigenvalue weighted by Gasteiger charge is -2.12. The lowest BCUT2D eigenvalue weighted by molar-refractivity contribution is -0.137. The Hall–Kier alpha value is -1.97. The Morgan fingerprint density at radius 2 is 1.53 bits per heavy atom. The molecule has 2 rings (SSSR count). The molecule has 0 heterocycles. The van der Waals surface area contributed by atoms with Crippen molar-refractivity contribution < 1.29 is 18.3 Å². The minimum Gasteiger partial charge on any atom is -0.507 e. The van der Waals surface area contributed by atoms with Gasteiger partial charge in [-0.3, -0.25) is 0 Å². The molecule has 19 heavy (non-hydrogen) atoms. The molecule has 0 saturated carbocycles. The van der Waals surface area contributed by atoms with Crippen molar-refractivity contribution in [1.29, 1.82) is 0 Å². The van der Waals surface area contributed by atoms with E-state index in [4.69, 9.17) is 0 Å². The van der Waals surface area contributed by atoms with Crippen LogP contribution in [0.25, 0.3) is 11.1 Å². The Labute approximate surface area is 109 Å². The van der Waals surface area contributed by atoms with Gasteiger partial charge in [-0.2, -0.15) is 13.2 Å². The molecule has 2 aromatic rings. The van der Waals surface area contributed by atoms with E-state index in [2.05, 4.69) is 0 Å². The molecule has 0 radical (unpaired) electrons. The van der Waals surface area contributed by atoms with Gasteiger partial charge in [0.2, 0.25) is 0 Å². The SMILES string of the molecule is Cc1ccc(-c2ccc(C(F)(F)F)cc2O)c(C)c1. The van der Waals surface area contributed by atoms with Gasteiger partial charge < -0.3 is 5.11 Å². The molecule has 0 amide bonds. The maximum absolute atomic E-state index is 12.5. The summed E-state index contributed by atoms with van der Waals surface area (Å²) in [5.41, 5.74) is 2.27. The zero-order valence-electron chi connectivity index (χ0n) is 10.5. The maximum atomic E-state index is 12.5. The average Bonchev–Trinajstić information content (AvgIpc) is 2.28. The van der Waals surface area contributed by atoms with Crippen molar-refractivity contribution in [2.45, 2.75) is 20.0 Å². The second-order valence-electron chi connectivity index (χ2n) is 4.55. The van der Waals surface area contributed by atoms with Crippen LogP contribution in [0.3, 0.4) is 0 Å². The highest BCUT2D eigenvalue weighted by atomic mass is 19.4. The van der Waals surface area contributed by atoms with Crippen LogP contribution in [-0.4, -0.2) is 5.11 Å². The van der Waals surface area contributed by atoms with Crippen molar-refractivity contribution in [3.8, 4) is 16.9 Å². The van der Waals surface area contributed by atoms with Gasteiger partial charge in [0, 0.05) is 5.56 Å². The van der Waals surface area contributed by atoms with Crippen LogP contribution in [0.15, 0.2) is 36.4 Å². The zero-order valence-corrected chi connectivity index (χ0v) is 10.5. The van der Waals surface area contributed by atoms with E-state index < -0.39 is 11.7 Å². The molecule has 0 aromatic heterocycles. The molecule has 0 bridgehead atoms. The van der Waals surface area contributed by atoms with E-state index in [1.807, 2.05) is 26.0 Å². The Morgan fingerprint density at radius 3 is 2.05 bits per heavy atom. The van der Waals surface area contributed by atoms with Crippen molar-refractivity contribution in [3.63, 3.8) is 0 Å². The molecular weight excluding hydrogens is 253 g/mol. The molecule has 0 aliphatic heterocycles. The molecule has 0 atom stereocenters. The molecule has 0 saturated heterocycles. The Balaban J connectivity index is 2.52. The van der Waals surface area contributed by atoms with Crippen LogP contribution in [0.5, 0.6) is 5.75 Å². The first-order chi connectivity index (χ1) is 8.79. The van der Waals surface area contributed by atoms with E-state index in [0.29, 0.717) is 5.56 Å². The first-order valence-electron chi connectivity index (χ1n) is 5.77. The summed E-state index contributed by atoms with van der Waals surface area (Å²) in [4.78, 5) is 0. The number of halogens is 3. The first kappa shape index (κ1) is 13.5. The summed E-state index contributed by atoms with van der Waals surface area (Å²) in [6.45, 7) is 3.79. The van der Waals surface area contributed by atoms with Crippen molar-refractivity contribution in [2.75, 3.05) is 0 Å². The van der Waals surface area contributed by atoms with Gasteiger partial charge in [-0.1, -0.05) is 29.8 Å². The predicted molar refractivity (Wildman–Crippen MR) is 68.0 cm³/mol. The van der Waals surface area contributed by atoms with Crippen LogP contribution < -0.4 is 0 Å². The number of alkyl halides is 3. The normalized spacial score (nSPS) is 11.6. The number of hydrogen-bond acceptors (Lipinski definition) is 1. The number of hydrogen-bond donors (Lipinski definition) is 1. The number of aromatic hydroxyl groups is 1. The standard InChI is InChI=1S/C15H13F3O/c1-9-3-5-12(10(2)7-9)13-6-4-11(8-14(13)19)15(16,17)18/h3-8,19H,1-2H3. The van der Waals surface area contributed by atoms with Gasteiger partial charge in [0.15, 0.2) is 0 Å². The molecule has 0 unspecified atom stereocenters. The van der Waals surface area contributed by atoms with E-state index in [0.717, 1.165) is 28.8 Å². The summed E-state index contributed by atoms with van der Waals surface area (Å²) in [6, 6.07) is 8.62. The van der Waals surface area contributed by atoms with Crippen LogP contribution in [0.4, 0.5) is 13.2 Å². The lowest BCUT2D eigenvalue weighted by atomic mass is 9.97. The summed E-state index contributed by atoms with van der Waals surface area (Å²) >= 11 is 0. The van der Waals surface area contributed by atoms with Crippen molar-refractivity contribution >= 4 is 0 Å². The van der Waals surface area contributed by atoms with E-state index in [1.54, 1.807) is 6.07 Å². The minimum atomic E-state index is -4.45. The molecule has 0 aliphatic rings. The van der Waals surface area contributed by atoms with Gasteiger partial charge in [0.25, 0.3) is 0 Å². The van der Waals surface area contributed by atoms with Gasteiger partial charge in [0.05, 0.1) is 5.56 Å². The van der Waals surface area contributed by atoms with Crippen LogP contribution in [0.1, 0.15) is 16.7 Å². The molecule has 2 aromatic carbocycles. The Bertz CT molecular complexity index is 615. The largest absolute Gasteiger partial charge is 0.507 e. The highest BCUT2D eigenvalue weighted by molar-refractivity contribution is 5.73. The van der Waals surface area contributed by atoms with Crippen molar-refractivity contribution in [1.82, 2.24) is 0 Å². The Morgan fingerprint density at radius 1 is 0.895 bits per heavy atom. The number of phenolic OH excluding ortho intramolecular Hbond substituents is 1. The van der Waals surface area contributed by atoms with Gasteiger partial charge in [-0.25, -0.2) is 0 Å². The summed E-state index contributed by atoms with van der Waals surface area (Å²) in [6.07, 6.45) is -4.45. The molecule has 100 valence electrons. The van der Waals surface area contributed by atoms with E-state index in [-0.39, 0.29) is 5.75 Å². The van der Waals surface area contributed by atoms with E-state index in [9.17, 15) is 18.3 Å². The molecular formula is C15H13F3O. The Kier molecular flexibility index (Phi) is 3.27. The van der Waals surface area contributed by atoms with E-state index in [1.165, 1.54) is 6.07 Å². The summed E-state index contributed by atoms with van der Waals surface area (Å²) in [5.74, 6) is -0.359. The summed E-state index contributed by atoms with van der Waals surface area (Å²) in [7, 11) is 0. The number of rotatable bonds is 1. The number of aryl methyl sites for hydroxylation is 2. The number of phenols is 1. The smallest absolute Gasteiger partial charge is 0.416 e. The molecule has 4 heteroatoms. The highest BCUT2D eigenvalue weighted by Gasteiger charge is 2.31. The second kappa shape index (κ2) is 4.61. The molecule has 0 spiro atoms. The van der Waals surface area contributed by atoms with Crippen LogP contribution >= 0.6 is 0 Å². The molecule has 1 nitrogen and oxygen atoms in total. The number of benzene rings is 2.